The highest BCUT2D eigenvalue weighted by atomic mass is 32.2. The first-order chi connectivity index (χ1) is 12.1. The first-order valence-electron chi connectivity index (χ1n) is 7.80. The molecule has 0 radical (unpaired) electrons. The van der Waals surface area contributed by atoms with Gasteiger partial charge in [-0.25, -0.2) is 0 Å². The number of nitrogens with one attached hydrogen (secondary N) is 2. The van der Waals surface area contributed by atoms with Gasteiger partial charge in [-0.1, -0.05) is 29.2 Å². The number of nitrogens with zero attached hydrogens (tertiary/aromatic N) is 2. The van der Waals surface area contributed by atoms with Crippen molar-refractivity contribution >= 4 is 34.1 Å². The molecule has 1 heterocycles. The fourth-order valence-corrected chi connectivity index (χ4v) is 4.00. The highest BCUT2D eigenvalue weighted by molar-refractivity contribution is 8.02. The molecule has 0 aliphatic carbocycles. The number of hydrogen-bond donors (Lipinski definition) is 2. The van der Waals surface area contributed by atoms with Crippen molar-refractivity contribution in [2.75, 3.05) is 26.1 Å². The summed E-state index contributed by atoms with van der Waals surface area (Å²) in [7, 11) is 3.18. The van der Waals surface area contributed by atoms with Gasteiger partial charge < -0.3 is 20.1 Å². The summed E-state index contributed by atoms with van der Waals surface area (Å²) < 4.78 is 11.2. The average Bonchev–Trinajstić information content (AvgIpc) is 3.06. The molecule has 25 heavy (non-hydrogen) atoms. The van der Waals surface area contributed by atoms with E-state index in [0.29, 0.717) is 18.0 Å². The van der Waals surface area contributed by atoms with Crippen LogP contribution in [0.5, 0.6) is 11.5 Å². The second-order valence-corrected chi connectivity index (χ2v) is 7.64. The molecule has 0 saturated carbocycles. The van der Waals surface area contributed by atoms with Gasteiger partial charge >= 0.3 is 0 Å². The van der Waals surface area contributed by atoms with Crippen LogP contribution in [0, 0.1) is 0 Å². The number of anilines is 1. The Morgan fingerprint density at radius 3 is 2.72 bits per heavy atom. The van der Waals surface area contributed by atoms with Gasteiger partial charge in [-0.2, -0.15) is 0 Å². The van der Waals surface area contributed by atoms with E-state index in [1.54, 1.807) is 14.2 Å². The van der Waals surface area contributed by atoms with E-state index in [4.69, 9.17) is 9.47 Å². The molecule has 0 unspecified atom stereocenters. The van der Waals surface area contributed by atoms with Gasteiger partial charge in [0.2, 0.25) is 11.0 Å². The third kappa shape index (κ3) is 5.50. The lowest BCUT2D eigenvalue weighted by atomic mass is 10.2. The monoisotopic (exact) mass is 382 g/mol. The SMILES string of the molecule is CCNc1nnc(S[C@@H](C)C(=O)NCc2ccc(OC)c(OC)c2)s1. The van der Waals surface area contributed by atoms with Gasteiger partial charge in [0, 0.05) is 13.1 Å². The smallest absolute Gasteiger partial charge is 0.233 e. The lowest BCUT2D eigenvalue weighted by Gasteiger charge is -2.12. The topological polar surface area (TPSA) is 85.4 Å². The molecule has 0 aliphatic heterocycles. The first-order valence-corrected chi connectivity index (χ1v) is 9.49. The number of amides is 1. The molecule has 1 atom stereocenters. The highest BCUT2D eigenvalue weighted by Gasteiger charge is 2.17. The maximum absolute atomic E-state index is 12.3. The summed E-state index contributed by atoms with van der Waals surface area (Å²) in [6.45, 7) is 5.06. The zero-order valence-corrected chi connectivity index (χ0v) is 16.3. The van der Waals surface area contributed by atoms with Gasteiger partial charge in [0.25, 0.3) is 0 Å². The third-order valence-corrected chi connectivity index (χ3v) is 5.36. The van der Waals surface area contributed by atoms with Gasteiger partial charge in [0.1, 0.15) is 0 Å². The van der Waals surface area contributed by atoms with Crippen molar-refractivity contribution in [1.29, 1.82) is 0 Å². The predicted molar refractivity (Wildman–Crippen MR) is 101 cm³/mol. The molecule has 1 aromatic heterocycles. The molecule has 0 fully saturated rings. The molecule has 0 spiro atoms. The van der Waals surface area contributed by atoms with Crippen LogP contribution in [0.3, 0.4) is 0 Å². The van der Waals surface area contributed by atoms with Crippen LogP contribution in [0.25, 0.3) is 0 Å². The number of ether oxygens (including phenoxy) is 2. The Hall–Kier alpha value is -2.00. The van der Waals surface area contributed by atoms with Crippen LogP contribution in [0.15, 0.2) is 22.5 Å². The standard InChI is InChI=1S/C16H22N4O3S2/c1-5-17-15-19-20-16(25-15)24-10(2)14(21)18-9-11-6-7-12(22-3)13(8-11)23-4/h6-8,10H,5,9H2,1-4H3,(H,17,19)(H,18,21)/t10-/m0/s1. The van der Waals surface area contributed by atoms with E-state index in [2.05, 4.69) is 20.8 Å². The average molecular weight is 383 g/mol. The number of carbonyl (C=O) groups is 1. The van der Waals surface area contributed by atoms with Crippen LogP contribution in [-0.4, -0.2) is 42.1 Å². The lowest BCUT2D eigenvalue weighted by molar-refractivity contribution is -0.120. The van der Waals surface area contributed by atoms with Crippen LogP contribution >= 0.6 is 23.1 Å². The summed E-state index contributed by atoms with van der Waals surface area (Å²) in [6.07, 6.45) is 0. The summed E-state index contributed by atoms with van der Waals surface area (Å²) in [4.78, 5) is 12.3. The van der Waals surface area contributed by atoms with Gasteiger partial charge in [0.05, 0.1) is 19.5 Å². The van der Waals surface area contributed by atoms with Crippen LogP contribution in [0.1, 0.15) is 19.4 Å². The van der Waals surface area contributed by atoms with Crippen LogP contribution in [0.4, 0.5) is 5.13 Å². The van der Waals surface area contributed by atoms with Crippen molar-refractivity contribution in [3.63, 3.8) is 0 Å². The van der Waals surface area contributed by atoms with Crippen molar-refractivity contribution in [2.45, 2.75) is 30.0 Å². The maximum atomic E-state index is 12.3. The van der Waals surface area contributed by atoms with E-state index in [0.717, 1.165) is 21.6 Å². The van der Waals surface area contributed by atoms with Gasteiger partial charge in [0.15, 0.2) is 15.8 Å². The van der Waals surface area contributed by atoms with Crippen molar-refractivity contribution in [1.82, 2.24) is 15.5 Å². The minimum Gasteiger partial charge on any atom is -0.493 e. The van der Waals surface area contributed by atoms with E-state index >= 15 is 0 Å². The molecular weight excluding hydrogens is 360 g/mol. The molecule has 0 saturated heterocycles. The minimum atomic E-state index is -0.262. The Balaban J connectivity index is 1.88. The molecule has 136 valence electrons. The highest BCUT2D eigenvalue weighted by Crippen LogP contribution is 2.29. The molecule has 1 amide bonds. The van der Waals surface area contributed by atoms with Crippen molar-refractivity contribution in [3.8, 4) is 11.5 Å². The maximum Gasteiger partial charge on any atom is 0.233 e. The molecule has 2 N–H and O–H groups in total. The number of methoxy groups -OCH3 is 2. The van der Waals surface area contributed by atoms with Gasteiger partial charge in [-0.05, 0) is 31.5 Å². The van der Waals surface area contributed by atoms with Gasteiger partial charge in [-0.15, -0.1) is 10.2 Å². The lowest BCUT2D eigenvalue weighted by Crippen LogP contribution is -2.30. The van der Waals surface area contributed by atoms with Crippen LogP contribution in [-0.2, 0) is 11.3 Å². The normalized spacial score (nSPS) is 11.7. The quantitative estimate of drug-likeness (QED) is 0.645. The molecule has 1 aromatic carbocycles. The largest absolute Gasteiger partial charge is 0.493 e. The van der Waals surface area contributed by atoms with Crippen molar-refractivity contribution < 1.29 is 14.3 Å². The Labute approximate surface area is 155 Å². The summed E-state index contributed by atoms with van der Waals surface area (Å²) in [5.41, 5.74) is 0.938. The fourth-order valence-electron chi connectivity index (χ4n) is 2.01. The van der Waals surface area contributed by atoms with E-state index in [1.807, 2.05) is 32.0 Å². The molecule has 9 heteroatoms. The third-order valence-electron chi connectivity index (χ3n) is 3.30. The van der Waals surface area contributed by atoms with E-state index < -0.39 is 0 Å². The Bertz CT molecular complexity index is 708. The first kappa shape index (κ1) is 19.3. The molecule has 0 bridgehead atoms. The molecule has 7 nitrogen and oxygen atoms in total. The van der Waals surface area contributed by atoms with Crippen LogP contribution in [0.2, 0.25) is 0 Å². The van der Waals surface area contributed by atoms with Crippen molar-refractivity contribution in [3.05, 3.63) is 23.8 Å². The summed E-state index contributed by atoms with van der Waals surface area (Å²) in [5, 5.41) is 14.6. The number of hydrogen-bond acceptors (Lipinski definition) is 8. The molecular formula is C16H22N4O3S2. The van der Waals surface area contributed by atoms with E-state index in [-0.39, 0.29) is 11.2 Å². The fraction of sp³-hybridized carbons (Fsp3) is 0.438. The Kier molecular flexibility index (Phi) is 7.32. The molecule has 0 aliphatic rings. The zero-order valence-electron chi connectivity index (χ0n) is 14.7. The van der Waals surface area contributed by atoms with E-state index in [9.17, 15) is 4.79 Å². The Morgan fingerprint density at radius 2 is 2.04 bits per heavy atom. The second-order valence-electron chi connectivity index (χ2n) is 5.07. The number of carbonyl (C=O) groups excluding carboxylic acids is 1. The number of aromatic nitrogens is 2. The van der Waals surface area contributed by atoms with E-state index in [1.165, 1.54) is 23.1 Å². The number of thioether (sulfide) groups is 1. The summed E-state index contributed by atoms with van der Waals surface area (Å²) in [6, 6.07) is 5.57. The molecule has 2 rings (SSSR count). The zero-order chi connectivity index (χ0) is 18.2. The second kappa shape index (κ2) is 9.47. The minimum absolute atomic E-state index is 0.0556. The molecule has 2 aromatic rings. The number of rotatable bonds is 9. The van der Waals surface area contributed by atoms with Crippen LogP contribution < -0.4 is 20.1 Å². The summed E-state index contributed by atoms with van der Waals surface area (Å²) in [5.74, 6) is 1.25. The van der Waals surface area contributed by atoms with Gasteiger partial charge in [-0.3, -0.25) is 4.79 Å². The van der Waals surface area contributed by atoms with Crippen molar-refractivity contribution in [2.24, 2.45) is 0 Å². The summed E-state index contributed by atoms with van der Waals surface area (Å²) >= 11 is 2.84. The number of benzene rings is 1. The Morgan fingerprint density at radius 1 is 1.28 bits per heavy atom. The predicted octanol–water partition coefficient (Wildman–Crippen LogP) is 2.78.